The van der Waals surface area contributed by atoms with Crippen molar-refractivity contribution in [3.05, 3.63) is 93.3 Å². The van der Waals surface area contributed by atoms with Crippen LogP contribution >= 0.6 is 0 Å². The van der Waals surface area contributed by atoms with Crippen LogP contribution in [0.25, 0.3) is 11.1 Å². The molecule has 0 aromatic heterocycles. The van der Waals surface area contributed by atoms with Gasteiger partial charge in [-0.2, -0.15) is 0 Å². The van der Waals surface area contributed by atoms with Gasteiger partial charge in [0.25, 0.3) is 0 Å². The molecule has 0 nitrogen and oxygen atoms in total. The topological polar surface area (TPSA) is 0 Å². The largest absolute Gasteiger partial charge is 0.207 e. The average molecular weight is 466 g/mol. The lowest BCUT2D eigenvalue weighted by Gasteiger charge is -2.27. The van der Waals surface area contributed by atoms with Gasteiger partial charge in [-0.1, -0.05) is 25.5 Å². The second-order valence-electron chi connectivity index (χ2n) is 8.43. The smallest absolute Gasteiger partial charge is 0.194 e. The second kappa shape index (κ2) is 9.20. The Bertz CT molecular complexity index is 1190. The zero-order chi connectivity index (χ0) is 23.9. The van der Waals surface area contributed by atoms with Gasteiger partial charge in [-0.15, -0.1) is 0 Å². The zero-order valence-corrected chi connectivity index (χ0v) is 17.9. The van der Waals surface area contributed by atoms with E-state index in [2.05, 4.69) is 0 Å². The van der Waals surface area contributed by atoms with E-state index in [1.807, 2.05) is 13.0 Å². The molecule has 4 rings (SSSR count). The normalized spacial score (nSPS) is 15.6. The number of hydrogen-bond acceptors (Lipinski definition) is 0. The summed E-state index contributed by atoms with van der Waals surface area (Å²) < 4.78 is 100. The average Bonchev–Trinajstić information content (AvgIpc) is 2.79. The van der Waals surface area contributed by atoms with Gasteiger partial charge in [0.05, 0.1) is 5.56 Å². The maximum Gasteiger partial charge on any atom is 0.194 e. The molecule has 0 spiro atoms. The maximum absolute atomic E-state index is 15.2. The third kappa shape index (κ3) is 4.25. The molecule has 7 heteroatoms. The molecular weight excluding hydrogens is 445 g/mol. The number of fused-ring (bicyclic) bond motifs is 1. The summed E-state index contributed by atoms with van der Waals surface area (Å²) in [5.74, 6) is -10.1. The lowest BCUT2D eigenvalue weighted by atomic mass is 9.78. The van der Waals surface area contributed by atoms with Gasteiger partial charge in [0.2, 0.25) is 0 Å². The SMILES string of the molecule is CCCCc1ccc(C2CCc3c(F)c(-c4cc(F)c(F)c(F)c4)c(F)c(F)c3C2)c(F)c1. The van der Waals surface area contributed by atoms with E-state index in [1.54, 1.807) is 6.07 Å². The second-order valence-corrected chi connectivity index (χ2v) is 8.43. The van der Waals surface area contributed by atoms with Crippen LogP contribution in [0.1, 0.15) is 54.4 Å². The van der Waals surface area contributed by atoms with E-state index in [9.17, 15) is 26.3 Å². The summed E-state index contributed by atoms with van der Waals surface area (Å²) in [5.41, 5.74) is -0.727. The summed E-state index contributed by atoms with van der Waals surface area (Å²) in [5, 5.41) is 0. The van der Waals surface area contributed by atoms with Crippen LogP contribution in [-0.4, -0.2) is 0 Å². The predicted molar refractivity (Wildman–Crippen MR) is 111 cm³/mol. The first-order chi connectivity index (χ1) is 15.7. The minimum absolute atomic E-state index is 0.0147. The van der Waals surface area contributed by atoms with Crippen LogP contribution in [0.5, 0.6) is 0 Å². The van der Waals surface area contributed by atoms with Gasteiger partial charge in [-0.3, -0.25) is 0 Å². The van der Waals surface area contributed by atoms with E-state index in [-0.39, 0.29) is 30.4 Å². The molecule has 1 aliphatic rings. The molecule has 0 saturated carbocycles. The number of halogens is 7. The number of aryl methyl sites for hydroxylation is 1. The molecule has 0 fully saturated rings. The van der Waals surface area contributed by atoms with E-state index in [4.69, 9.17) is 0 Å². The van der Waals surface area contributed by atoms with Gasteiger partial charge < -0.3 is 0 Å². The Morgan fingerprint density at radius 2 is 1.45 bits per heavy atom. The summed E-state index contributed by atoms with van der Waals surface area (Å²) >= 11 is 0. The lowest BCUT2D eigenvalue weighted by Crippen LogP contribution is -2.19. The van der Waals surface area contributed by atoms with E-state index in [0.29, 0.717) is 17.7 Å². The van der Waals surface area contributed by atoms with Crippen LogP contribution in [0.3, 0.4) is 0 Å². The lowest BCUT2D eigenvalue weighted by molar-refractivity contribution is 0.444. The molecule has 174 valence electrons. The van der Waals surface area contributed by atoms with Crippen molar-refractivity contribution in [2.75, 3.05) is 0 Å². The van der Waals surface area contributed by atoms with Crippen molar-refractivity contribution in [2.45, 2.75) is 51.4 Å². The van der Waals surface area contributed by atoms with E-state index in [0.717, 1.165) is 24.8 Å². The van der Waals surface area contributed by atoms with Crippen LogP contribution in [-0.2, 0) is 19.3 Å². The van der Waals surface area contributed by atoms with Gasteiger partial charge in [-0.05, 0) is 84.0 Å². The summed E-state index contributed by atoms with van der Waals surface area (Å²) in [6.45, 7) is 2.03. The molecule has 3 aromatic carbocycles. The molecule has 1 aliphatic carbocycles. The molecule has 1 atom stereocenters. The zero-order valence-electron chi connectivity index (χ0n) is 17.9. The van der Waals surface area contributed by atoms with Crippen LogP contribution < -0.4 is 0 Å². The molecule has 0 radical (unpaired) electrons. The Kier molecular flexibility index (Phi) is 6.50. The predicted octanol–water partition coefficient (Wildman–Crippen LogP) is 7.94. The number of hydrogen-bond donors (Lipinski definition) is 0. The van der Waals surface area contributed by atoms with Crippen molar-refractivity contribution in [3.63, 3.8) is 0 Å². The Labute approximate surface area is 187 Å². The van der Waals surface area contributed by atoms with Crippen molar-refractivity contribution in [1.82, 2.24) is 0 Å². The van der Waals surface area contributed by atoms with Crippen LogP contribution in [0.15, 0.2) is 30.3 Å². The third-order valence-corrected chi connectivity index (χ3v) is 6.32. The Balaban J connectivity index is 1.71. The third-order valence-electron chi connectivity index (χ3n) is 6.32. The Morgan fingerprint density at radius 1 is 0.758 bits per heavy atom. The fourth-order valence-corrected chi connectivity index (χ4v) is 4.55. The Morgan fingerprint density at radius 3 is 2.09 bits per heavy atom. The molecule has 0 aliphatic heterocycles. The molecule has 0 heterocycles. The van der Waals surface area contributed by atoms with Crippen LogP contribution in [0.4, 0.5) is 30.7 Å². The quantitative estimate of drug-likeness (QED) is 0.203. The molecule has 3 aromatic rings. The first-order valence-corrected chi connectivity index (χ1v) is 10.8. The number of benzene rings is 3. The number of unbranched alkanes of at least 4 members (excludes halogenated alkanes) is 1. The van der Waals surface area contributed by atoms with Crippen LogP contribution in [0.2, 0.25) is 0 Å². The van der Waals surface area contributed by atoms with Gasteiger partial charge in [-0.25, -0.2) is 30.7 Å². The first-order valence-electron chi connectivity index (χ1n) is 10.8. The molecular formula is C26H21F7. The van der Waals surface area contributed by atoms with Crippen LogP contribution in [0, 0.1) is 40.7 Å². The van der Waals surface area contributed by atoms with Crippen molar-refractivity contribution in [3.8, 4) is 11.1 Å². The molecule has 33 heavy (non-hydrogen) atoms. The van der Waals surface area contributed by atoms with Crippen molar-refractivity contribution in [2.24, 2.45) is 0 Å². The minimum Gasteiger partial charge on any atom is -0.207 e. The van der Waals surface area contributed by atoms with Crippen molar-refractivity contribution < 1.29 is 30.7 Å². The van der Waals surface area contributed by atoms with E-state index in [1.165, 1.54) is 6.07 Å². The molecule has 0 N–H and O–H groups in total. The number of rotatable bonds is 5. The summed E-state index contributed by atoms with van der Waals surface area (Å²) in [6.07, 6.45) is 2.78. The van der Waals surface area contributed by atoms with E-state index >= 15 is 4.39 Å². The fraction of sp³-hybridized carbons (Fsp3) is 0.308. The highest BCUT2D eigenvalue weighted by atomic mass is 19.2. The van der Waals surface area contributed by atoms with Gasteiger partial charge >= 0.3 is 0 Å². The monoisotopic (exact) mass is 466 g/mol. The van der Waals surface area contributed by atoms with E-state index < -0.39 is 57.8 Å². The van der Waals surface area contributed by atoms with Gasteiger partial charge in [0.1, 0.15) is 11.6 Å². The molecule has 0 saturated heterocycles. The van der Waals surface area contributed by atoms with Crippen molar-refractivity contribution >= 4 is 0 Å². The highest BCUT2D eigenvalue weighted by Gasteiger charge is 2.32. The van der Waals surface area contributed by atoms with Crippen molar-refractivity contribution in [1.29, 1.82) is 0 Å². The minimum atomic E-state index is -1.79. The summed E-state index contributed by atoms with van der Waals surface area (Å²) in [7, 11) is 0. The summed E-state index contributed by atoms with van der Waals surface area (Å²) in [6, 6.07) is 5.74. The molecule has 0 bridgehead atoms. The highest BCUT2D eigenvalue weighted by molar-refractivity contribution is 5.67. The highest BCUT2D eigenvalue weighted by Crippen LogP contribution is 2.41. The standard InChI is InChI=1S/C26H21F7/c1-2-3-4-13-5-7-16(19(27)9-13)14-6-8-17-18(10-14)24(31)26(33)22(23(17)30)15-11-20(28)25(32)21(29)12-15/h5,7,9,11-12,14H,2-4,6,8,10H2,1H3. The van der Waals surface area contributed by atoms with Gasteiger partial charge in [0.15, 0.2) is 29.1 Å². The first kappa shape index (κ1) is 23.3. The Hall–Kier alpha value is -2.83. The molecule has 0 amide bonds. The maximum atomic E-state index is 15.2. The summed E-state index contributed by atoms with van der Waals surface area (Å²) in [4.78, 5) is 0. The van der Waals surface area contributed by atoms with Gasteiger partial charge in [0, 0.05) is 0 Å². The fourth-order valence-electron chi connectivity index (χ4n) is 4.55. The molecule has 1 unspecified atom stereocenters.